The molecule has 2 heterocycles. The van der Waals surface area contributed by atoms with E-state index in [-0.39, 0.29) is 11.2 Å². The third kappa shape index (κ3) is 3.37. The molecule has 0 bridgehead atoms. The molecule has 2 aromatic heterocycles. The summed E-state index contributed by atoms with van der Waals surface area (Å²) in [5.74, 6) is -2.34. The van der Waals surface area contributed by atoms with Crippen LogP contribution in [0, 0.1) is 11.6 Å². The van der Waals surface area contributed by atoms with Gasteiger partial charge in [0.1, 0.15) is 30.0 Å². The van der Waals surface area contributed by atoms with Gasteiger partial charge in [-0.1, -0.05) is 30.3 Å². The Morgan fingerprint density at radius 1 is 1.07 bits per heavy atom. The van der Waals surface area contributed by atoms with E-state index < -0.39 is 29.6 Å². The van der Waals surface area contributed by atoms with Crippen molar-refractivity contribution >= 4 is 17.1 Å². The van der Waals surface area contributed by atoms with Crippen molar-refractivity contribution in [1.29, 1.82) is 0 Å². The van der Waals surface area contributed by atoms with E-state index in [9.17, 15) is 18.4 Å². The normalized spacial score (nSPS) is 10.9. The largest absolute Gasteiger partial charge is 0.322 e. The predicted octanol–water partition coefficient (Wildman–Crippen LogP) is 2.47. The van der Waals surface area contributed by atoms with Gasteiger partial charge in [-0.25, -0.2) is 18.0 Å². The quantitative estimate of drug-likeness (QED) is 0.589. The highest BCUT2D eigenvalue weighted by atomic mass is 19.1. The molecule has 0 aliphatic rings. The number of halogens is 2. The number of rotatable bonds is 4. The number of nitrogens with one attached hydrogen (secondary N) is 1. The van der Waals surface area contributed by atoms with Gasteiger partial charge in [0.25, 0.3) is 5.56 Å². The summed E-state index contributed by atoms with van der Waals surface area (Å²) in [6, 6.07) is 13.7. The average Bonchev–Trinajstić information content (AvgIpc) is 3.12. The minimum absolute atomic E-state index is 0.184. The number of aromatic nitrogens is 4. The molecule has 28 heavy (non-hydrogen) atoms. The van der Waals surface area contributed by atoms with Crippen LogP contribution in [0.15, 0.2) is 65.7 Å². The molecule has 1 amide bonds. The monoisotopic (exact) mass is 381 g/mol. The highest BCUT2D eigenvalue weighted by Gasteiger charge is 2.13. The van der Waals surface area contributed by atoms with E-state index in [1.165, 1.54) is 10.8 Å². The summed E-state index contributed by atoms with van der Waals surface area (Å²) in [7, 11) is 0. The molecule has 0 spiro atoms. The number of carbonyl (C=O) groups excluding carboxylic acids is 1. The van der Waals surface area contributed by atoms with Crippen LogP contribution in [0.5, 0.6) is 0 Å². The first-order valence-corrected chi connectivity index (χ1v) is 8.27. The van der Waals surface area contributed by atoms with Crippen LogP contribution in [-0.2, 0) is 11.3 Å². The molecule has 4 aromatic rings. The van der Waals surface area contributed by atoms with Crippen molar-refractivity contribution in [2.24, 2.45) is 0 Å². The van der Waals surface area contributed by atoms with Crippen molar-refractivity contribution in [3.8, 4) is 11.3 Å². The molecule has 4 rings (SSSR count). The topological polar surface area (TPSA) is 81.3 Å². The van der Waals surface area contributed by atoms with Crippen molar-refractivity contribution < 1.29 is 13.6 Å². The Labute approximate surface area is 156 Å². The van der Waals surface area contributed by atoms with Crippen molar-refractivity contribution in [3.63, 3.8) is 0 Å². The van der Waals surface area contributed by atoms with E-state index in [1.807, 2.05) is 30.3 Å². The maximum absolute atomic E-state index is 13.7. The van der Waals surface area contributed by atoms with Crippen LogP contribution in [-0.4, -0.2) is 25.3 Å². The highest BCUT2D eigenvalue weighted by Crippen LogP contribution is 2.17. The average molecular weight is 381 g/mol. The Balaban J connectivity index is 1.59. The molecule has 0 radical (unpaired) electrons. The van der Waals surface area contributed by atoms with Crippen LogP contribution in [0.1, 0.15) is 0 Å². The van der Waals surface area contributed by atoms with Gasteiger partial charge in [-0.3, -0.25) is 9.59 Å². The maximum atomic E-state index is 13.7. The zero-order valence-corrected chi connectivity index (χ0v) is 14.3. The minimum Gasteiger partial charge on any atom is -0.322 e. The fraction of sp³-hybridized carbons (Fsp3) is 0.0526. The SMILES string of the molecule is O=C(Cn1ncn2nc(-c3ccccc3)cc2c1=O)Nc1ccc(F)cc1F. The molecule has 0 saturated heterocycles. The summed E-state index contributed by atoms with van der Waals surface area (Å²) in [6.07, 6.45) is 1.31. The third-order valence-corrected chi connectivity index (χ3v) is 4.06. The van der Waals surface area contributed by atoms with Gasteiger partial charge in [0.05, 0.1) is 11.4 Å². The standard InChI is InChI=1S/C19H13F2N5O2/c20-13-6-7-15(14(21)8-13)23-18(27)10-25-19(28)17-9-16(24-26(17)11-22-25)12-4-2-1-3-5-12/h1-9,11H,10H2,(H,23,27). The molecule has 9 heteroatoms. The van der Waals surface area contributed by atoms with Crippen LogP contribution in [0.25, 0.3) is 16.8 Å². The number of hydrogen-bond acceptors (Lipinski definition) is 4. The highest BCUT2D eigenvalue weighted by molar-refractivity contribution is 5.90. The van der Waals surface area contributed by atoms with Crippen LogP contribution in [0.3, 0.4) is 0 Å². The zero-order chi connectivity index (χ0) is 19.7. The summed E-state index contributed by atoms with van der Waals surface area (Å²) in [4.78, 5) is 24.7. The Hall–Kier alpha value is -3.88. The molecule has 7 nitrogen and oxygen atoms in total. The van der Waals surface area contributed by atoms with Gasteiger partial charge >= 0.3 is 0 Å². The lowest BCUT2D eigenvalue weighted by atomic mass is 10.1. The van der Waals surface area contributed by atoms with Crippen LogP contribution in [0.2, 0.25) is 0 Å². The summed E-state index contributed by atoms with van der Waals surface area (Å²) in [5.41, 5.74) is 0.967. The van der Waals surface area contributed by atoms with Crippen molar-refractivity contribution in [1.82, 2.24) is 19.4 Å². The van der Waals surface area contributed by atoms with Gasteiger partial charge in [0, 0.05) is 11.6 Å². The molecular weight excluding hydrogens is 368 g/mol. The van der Waals surface area contributed by atoms with E-state index in [0.29, 0.717) is 11.8 Å². The number of amides is 1. The number of benzene rings is 2. The first-order chi connectivity index (χ1) is 13.5. The molecule has 0 fully saturated rings. The van der Waals surface area contributed by atoms with Gasteiger partial charge in [-0.15, -0.1) is 0 Å². The number of carbonyl (C=O) groups is 1. The number of anilines is 1. The van der Waals surface area contributed by atoms with E-state index in [1.54, 1.807) is 6.07 Å². The van der Waals surface area contributed by atoms with E-state index >= 15 is 0 Å². The van der Waals surface area contributed by atoms with Gasteiger partial charge in [-0.05, 0) is 18.2 Å². The first kappa shape index (κ1) is 17.5. The second kappa shape index (κ2) is 7.03. The van der Waals surface area contributed by atoms with E-state index in [4.69, 9.17) is 0 Å². The molecular formula is C19H13F2N5O2. The predicted molar refractivity (Wildman–Crippen MR) is 97.7 cm³/mol. The molecule has 140 valence electrons. The molecule has 1 N–H and O–H groups in total. The molecule has 0 aliphatic carbocycles. The maximum Gasteiger partial charge on any atom is 0.293 e. The lowest BCUT2D eigenvalue weighted by Crippen LogP contribution is -2.30. The zero-order valence-electron chi connectivity index (χ0n) is 14.3. The van der Waals surface area contributed by atoms with E-state index in [0.717, 1.165) is 22.4 Å². The summed E-state index contributed by atoms with van der Waals surface area (Å²) < 4.78 is 28.9. The molecule has 0 saturated carbocycles. The first-order valence-electron chi connectivity index (χ1n) is 8.27. The molecule has 0 atom stereocenters. The lowest BCUT2D eigenvalue weighted by molar-refractivity contribution is -0.117. The van der Waals surface area contributed by atoms with Gasteiger partial charge in [0.2, 0.25) is 5.91 Å². The van der Waals surface area contributed by atoms with Gasteiger partial charge < -0.3 is 5.32 Å². The Morgan fingerprint density at radius 3 is 2.61 bits per heavy atom. The minimum atomic E-state index is -0.910. The number of fused-ring (bicyclic) bond motifs is 1. The van der Waals surface area contributed by atoms with E-state index in [2.05, 4.69) is 15.5 Å². The lowest BCUT2D eigenvalue weighted by Gasteiger charge is -2.07. The van der Waals surface area contributed by atoms with Crippen molar-refractivity contribution in [2.45, 2.75) is 6.54 Å². The van der Waals surface area contributed by atoms with Crippen molar-refractivity contribution in [3.05, 3.63) is 82.9 Å². The number of hydrogen-bond donors (Lipinski definition) is 1. The van der Waals surface area contributed by atoms with Crippen LogP contribution < -0.4 is 10.9 Å². The molecule has 0 aliphatic heterocycles. The Kier molecular flexibility index (Phi) is 4.40. The second-order valence-corrected chi connectivity index (χ2v) is 5.99. The third-order valence-electron chi connectivity index (χ3n) is 4.06. The summed E-state index contributed by atoms with van der Waals surface area (Å²) in [5, 5.41) is 10.5. The Morgan fingerprint density at radius 2 is 1.86 bits per heavy atom. The fourth-order valence-electron chi connectivity index (χ4n) is 2.72. The fourth-order valence-corrected chi connectivity index (χ4v) is 2.72. The van der Waals surface area contributed by atoms with Gasteiger partial charge in [-0.2, -0.15) is 10.2 Å². The molecule has 2 aromatic carbocycles. The second-order valence-electron chi connectivity index (χ2n) is 5.99. The van der Waals surface area contributed by atoms with Crippen LogP contribution in [0.4, 0.5) is 14.5 Å². The number of nitrogens with zero attached hydrogens (tertiary/aromatic N) is 4. The Bertz CT molecular complexity index is 1230. The summed E-state index contributed by atoms with van der Waals surface area (Å²) >= 11 is 0. The summed E-state index contributed by atoms with van der Waals surface area (Å²) in [6.45, 7) is -0.433. The smallest absolute Gasteiger partial charge is 0.293 e. The molecule has 0 unspecified atom stereocenters. The van der Waals surface area contributed by atoms with Gasteiger partial charge in [0.15, 0.2) is 0 Å². The van der Waals surface area contributed by atoms with Crippen LogP contribution >= 0.6 is 0 Å². The van der Waals surface area contributed by atoms with Crippen molar-refractivity contribution in [2.75, 3.05) is 5.32 Å².